The summed E-state index contributed by atoms with van der Waals surface area (Å²) in [6, 6.07) is 4.85. The van der Waals surface area contributed by atoms with E-state index in [0.717, 1.165) is 16.7 Å². The Labute approximate surface area is 176 Å². The normalized spacial score (nSPS) is 21.3. The van der Waals surface area contributed by atoms with Gasteiger partial charge in [-0.05, 0) is 36.5 Å². The number of halogens is 2. The Kier molecular flexibility index (Phi) is 4.62. The molecule has 10 heteroatoms. The van der Waals surface area contributed by atoms with Crippen molar-refractivity contribution < 1.29 is 23.5 Å². The number of amides is 3. The van der Waals surface area contributed by atoms with E-state index in [4.69, 9.17) is 0 Å². The van der Waals surface area contributed by atoms with Crippen LogP contribution in [0.5, 0.6) is 0 Å². The maximum absolute atomic E-state index is 14.5. The molecule has 5 rings (SSSR count). The number of aliphatic hydroxyl groups is 1. The first kappa shape index (κ1) is 19.8. The number of aromatic nitrogens is 2. The largest absolute Gasteiger partial charge is 0.389 e. The van der Waals surface area contributed by atoms with Crippen LogP contribution in [-0.4, -0.2) is 46.7 Å². The predicted molar refractivity (Wildman–Crippen MR) is 107 cm³/mol. The van der Waals surface area contributed by atoms with Gasteiger partial charge in [-0.1, -0.05) is 12.1 Å². The van der Waals surface area contributed by atoms with E-state index < -0.39 is 18.1 Å². The second kappa shape index (κ2) is 7.23. The van der Waals surface area contributed by atoms with Crippen LogP contribution in [0, 0.1) is 0 Å². The molecular formula is C21H21F2N5O3. The Morgan fingerprint density at radius 1 is 1.26 bits per heavy atom. The lowest BCUT2D eigenvalue weighted by atomic mass is 9.99. The van der Waals surface area contributed by atoms with Crippen molar-refractivity contribution in [1.29, 1.82) is 0 Å². The van der Waals surface area contributed by atoms with Crippen LogP contribution in [0.25, 0.3) is 11.3 Å². The van der Waals surface area contributed by atoms with Crippen molar-refractivity contribution in [2.45, 2.75) is 43.8 Å². The highest BCUT2D eigenvalue weighted by Gasteiger charge is 2.44. The summed E-state index contributed by atoms with van der Waals surface area (Å²) in [5.74, 6) is -2.78. The van der Waals surface area contributed by atoms with Gasteiger partial charge in [0.2, 0.25) is 12.4 Å². The number of carbonyl (C=O) groups excluding carboxylic acids is 2. The van der Waals surface area contributed by atoms with Crippen LogP contribution in [0.1, 0.15) is 41.3 Å². The van der Waals surface area contributed by atoms with E-state index in [-0.39, 0.29) is 30.5 Å². The van der Waals surface area contributed by atoms with Crippen molar-refractivity contribution >= 4 is 18.4 Å². The average Bonchev–Trinajstić information content (AvgIpc) is 3.25. The number of alkyl halides is 2. The number of hydrogen-bond acceptors (Lipinski definition) is 6. The number of anilines is 1. The van der Waals surface area contributed by atoms with E-state index in [2.05, 4.69) is 20.6 Å². The fraction of sp³-hybridized carbons (Fsp3) is 0.429. The highest BCUT2D eigenvalue weighted by Crippen LogP contribution is 2.45. The molecular weight excluding hydrogens is 408 g/mol. The Hall–Kier alpha value is -3.14. The van der Waals surface area contributed by atoms with Gasteiger partial charge in [-0.15, -0.1) is 0 Å². The van der Waals surface area contributed by atoms with E-state index in [1.165, 1.54) is 0 Å². The molecule has 0 spiro atoms. The molecule has 2 heterocycles. The number of carbonyl (C=O) groups is 2. The van der Waals surface area contributed by atoms with Crippen LogP contribution in [0.4, 0.5) is 19.5 Å². The zero-order chi connectivity index (χ0) is 21.8. The summed E-state index contributed by atoms with van der Waals surface area (Å²) in [7, 11) is 0. The number of nitrogens with zero attached hydrogens (tertiary/aromatic N) is 3. The maximum atomic E-state index is 14.5. The van der Waals surface area contributed by atoms with Crippen molar-refractivity contribution in [3.05, 3.63) is 40.6 Å². The van der Waals surface area contributed by atoms with Crippen LogP contribution < -0.4 is 15.5 Å². The summed E-state index contributed by atoms with van der Waals surface area (Å²) in [5, 5.41) is 14.4. The zero-order valence-corrected chi connectivity index (χ0v) is 16.6. The van der Waals surface area contributed by atoms with Gasteiger partial charge in [0, 0.05) is 30.6 Å². The summed E-state index contributed by atoms with van der Waals surface area (Å²) >= 11 is 0. The van der Waals surface area contributed by atoms with Crippen molar-refractivity contribution in [2.75, 3.05) is 18.0 Å². The first-order chi connectivity index (χ1) is 14.9. The number of β-amino-alcohol motifs (C(OH)–C–C–N with tert-alkyl or cyclic N) is 1. The fourth-order valence-corrected chi connectivity index (χ4v) is 4.58. The minimum atomic E-state index is -3.00. The molecule has 1 unspecified atom stereocenters. The molecule has 3 N–H and O–H groups in total. The highest BCUT2D eigenvalue weighted by molar-refractivity contribution is 5.84. The van der Waals surface area contributed by atoms with Crippen molar-refractivity contribution in [3.8, 4) is 11.3 Å². The molecule has 1 aliphatic heterocycles. The van der Waals surface area contributed by atoms with Crippen molar-refractivity contribution in [2.24, 2.45) is 0 Å². The number of rotatable bonds is 4. The summed E-state index contributed by atoms with van der Waals surface area (Å²) in [4.78, 5) is 32.6. The third kappa shape index (κ3) is 3.40. The van der Waals surface area contributed by atoms with Crippen LogP contribution in [-0.2, 0) is 23.6 Å². The first-order valence-electron chi connectivity index (χ1n) is 10.2. The van der Waals surface area contributed by atoms with Crippen LogP contribution in [0.15, 0.2) is 18.2 Å². The van der Waals surface area contributed by atoms with Gasteiger partial charge in [0.1, 0.15) is 5.69 Å². The average molecular weight is 429 g/mol. The van der Waals surface area contributed by atoms with Gasteiger partial charge in [0.25, 0.3) is 5.92 Å². The highest BCUT2D eigenvalue weighted by atomic mass is 19.3. The third-order valence-electron chi connectivity index (χ3n) is 6.17. The Morgan fingerprint density at radius 2 is 2.06 bits per heavy atom. The van der Waals surface area contributed by atoms with Gasteiger partial charge in [-0.25, -0.2) is 14.8 Å². The number of imide groups is 1. The van der Waals surface area contributed by atoms with Crippen molar-refractivity contribution in [3.63, 3.8) is 0 Å². The Morgan fingerprint density at radius 3 is 2.81 bits per heavy atom. The molecule has 3 aliphatic rings. The monoisotopic (exact) mass is 429 g/mol. The number of aliphatic hydroxyl groups excluding tert-OH is 1. The Bertz CT molecular complexity index is 1070. The summed E-state index contributed by atoms with van der Waals surface area (Å²) in [5.41, 5.74) is 3.41. The van der Waals surface area contributed by atoms with Gasteiger partial charge >= 0.3 is 6.03 Å². The van der Waals surface area contributed by atoms with Crippen molar-refractivity contribution in [1.82, 2.24) is 20.6 Å². The molecule has 0 bridgehead atoms. The van der Waals surface area contributed by atoms with Crippen LogP contribution >= 0.6 is 0 Å². The summed E-state index contributed by atoms with van der Waals surface area (Å²) in [6.45, 7) is 0.647. The summed E-state index contributed by atoms with van der Waals surface area (Å²) < 4.78 is 29.0. The molecule has 2 aromatic rings. The molecule has 2 aliphatic carbocycles. The molecule has 1 atom stereocenters. The minimum absolute atomic E-state index is 0.202. The molecule has 162 valence electrons. The number of urea groups is 1. The minimum Gasteiger partial charge on any atom is -0.389 e. The van der Waals surface area contributed by atoms with Gasteiger partial charge in [-0.2, -0.15) is 8.78 Å². The van der Waals surface area contributed by atoms with Crippen LogP contribution in [0.2, 0.25) is 0 Å². The van der Waals surface area contributed by atoms with Crippen LogP contribution in [0.3, 0.4) is 0 Å². The van der Waals surface area contributed by atoms with E-state index in [9.17, 15) is 23.5 Å². The van der Waals surface area contributed by atoms with Gasteiger partial charge in [0.15, 0.2) is 0 Å². The molecule has 1 fully saturated rings. The maximum Gasteiger partial charge on any atom is 0.321 e. The zero-order valence-electron chi connectivity index (χ0n) is 16.6. The number of hydrogen-bond donors (Lipinski definition) is 3. The lowest BCUT2D eigenvalue weighted by Gasteiger charge is -2.36. The smallest absolute Gasteiger partial charge is 0.321 e. The number of benzene rings is 1. The third-order valence-corrected chi connectivity index (χ3v) is 6.17. The molecule has 0 saturated carbocycles. The lowest BCUT2D eigenvalue weighted by molar-refractivity contribution is -0.108. The van der Waals surface area contributed by atoms with Gasteiger partial charge in [-0.3, -0.25) is 10.1 Å². The SMILES string of the molecule is O=CNC(=O)NC1CCc2cc(-c3nc(N4CC(O)C4)nc4c3CCC4(F)F)ccc21. The molecule has 3 amide bonds. The first-order valence-corrected chi connectivity index (χ1v) is 10.2. The lowest BCUT2D eigenvalue weighted by Crippen LogP contribution is -2.51. The van der Waals surface area contributed by atoms with E-state index in [1.807, 2.05) is 18.2 Å². The molecule has 0 radical (unpaired) electrons. The van der Waals surface area contributed by atoms with E-state index >= 15 is 0 Å². The summed E-state index contributed by atoms with van der Waals surface area (Å²) in [6.07, 6.45) is 1.13. The number of nitrogens with one attached hydrogen (secondary N) is 2. The molecule has 1 aromatic heterocycles. The molecule has 8 nitrogen and oxygen atoms in total. The number of fused-ring (bicyclic) bond motifs is 2. The molecule has 31 heavy (non-hydrogen) atoms. The van der Waals surface area contributed by atoms with E-state index in [1.54, 1.807) is 4.90 Å². The standard InChI is InChI=1S/C21H21F2N5O3/c22-21(23)6-5-15-17(26-19(27-18(15)21)28-8-13(30)9-28)12-1-3-14-11(7-12)2-4-16(14)25-20(31)24-10-29/h1,3,7,10,13,16,30H,2,4-6,8-9H2,(H2,24,25,29,31). The topological polar surface area (TPSA) is 107 Å². The fourth-order valence-electron chi connectivity index (χ4n) is 4.58. The molecule has 1 saturated heterocycles. The second-order valence-electron chi connectivity index (χ2n) is 8.20. The quantitative estimate of drug-likeness (QED) is 0.640. The van der Waals surface area contributed by atoms with E-state index in [0.29, 0.717) is 43.6 Å². The predicted octanol–water partition coefficient (Wildman–Crippen LogP) is 1.81. The molecule has 1 aromatic carbocycles. The number of aryl methyl sites for hydroxylation is 1. The second-order valence-corrected chi connectivity index (χ2v) is 8.20. The van der Waals surface area contributed by atoms with Gasteiger partial charge in [0.05, 0.1) is 17.8 Å². The Balaban J connectivity index is 1.51. The van der Waals surface area contributed by atoms with Gasteiger partial charge < -0.3 is 15.3 Å².